The van der Waals surface area contributed by atoms with Gasteiger partial charge in [0.05, 0.1) is 31.8 Å². The van der Waals surface area contributed by atoms with E-state index < -0.39 is 4.92 Å². The number of para-hydroxylation sites is 1. The summed E-state index contributed by atoms with van der Waals surface area (Å²) in [6.07, 6.45) is 0. The number of nitrogens with zero attached hydrogens (tertiary/aromatic N) is 3. The smallest absolute Gasteiger partial charge is 0.270 e. The van der Waals surface area contributed by atoms with Crippen molar-refractivity contribution in [2.75, 3.05) is 7.05 Å². The highest BCUT2D eigenvalue weighted by Gasteiger charge is 2.24. The highest BCUT2D eigenvalue weighted by Crippen LogP contribution is 2.31. The van der Waals surface area contributed by atoms with Gasteiger partial charge in [-0.25, -0.2) is 4.98 Å². The topological polar surface area (TPSA) is 76.3 Å². The summed E-state index contributed by atoms with van der Waals surface area (Å²) < 4.78 is 1.05. The van der Waals surface area contributed by atoms with E-state index >= 15 is 0 Å². The number of nitro groups is 1. The molecule has 1 atom stereocenters. The maximum absolute atomic E-state index is 12.7. The second-order valence-corrected chi connectivity index (χ2v) is 7.00. The molecular weight excluding hydrogens is 362 g/mol. The second kappa shape index (κ2) is 6.78. The number of hydrogen-bond donors (Lipinski definition) is 0. The van der Waals surface area contributed by atoms with Gasteiger partial charge in [-0.3, -0.25) is 14.9 Å². The largest absolute Gasteiger partial charge is 0.332 e. The maximum Gasteiger partial charge on any atom is 0.270 e. The molecule has 8 heteroatoms. The second-order valence-electron chi connectivity index (χ2n) is 5.53. The first-order chi connectivity index (χ1) is 11.9. The lowest BCUT2D eigenvalue weighted by Crippen LogP contribution is -2.29. The Balaban J connectivity index is 1.87. The first kappa shape index (κ1) is 17.3. The Morgan fingerprint density at radius 3 is 2.68 bits per heavy atom. The Morgan fingerprint density at radius 1 is 1.32 bits per heavy atom. The Morgan fingerprint density at radius 2 is 2.04 bits per heavy atom. The fraction of sp³-hybridized carbons (Fsp3) is 0.176. The predicted molar refractivity (Wildman–Crippen MR) is 98.2 cm³/mol. The van der Waals surface area contributed by atoms with E-state index in [0.29, 0.717) is 0 Å². The first-order valence-corrected chi connectivity index (χ1v) is 8.64. The molecule has 0 aliphatic carbocycles. The quantitative estimate of drug-likeness (QED) is 0.489. The number of carbonyl (C=O) groups excluding carboxylic acids is 1. The van der Waals surface area contributed by atoms with Crippen molar-refractivity contribution in [3.63, 3.8) is 0 Å². The number of benzene rings is 2. The molecule has 0 unspecified atom stereocenters. The van der Waals surface area contributed by atoms with Gasteiger partial charge in [0.15, 0.2) is 0 Å². The highest BCUT2D eigenvalue weighted by molar-refractivity contribution is 7.18. The molecule has 0 N–H and O–H groups in total. The minimum Gasteiger partial charge on any atom is -0.332 e. The van der Waals surface area contributed by atoms with E-state index in [1.807, 2.05) is 31.2 Å². The molecule has 6 nitrogen and oxygen atoms in total. The number of aromatic nitrogens is 1. The summed E-state index contributed by atoms with van der Waals surface area (Å²) in [5, 5.41) is 11.7. The van der Waals surface area contributed by atoms with Crippen molar-refractivity contribution in [1.29, 1.82) is 0 Å². The molecule has 1 amide bonds. The Kier molecular flexibility index (Phi) is 4.69. The van der Waals surface area contributed by atoms with Gasteiger partial charge >= 0.3 is 0 Å². The summed E-state index contributed by atoms with van der Waals surface area (Å²) in [5.74, 6) is -0.313. The van der Waals surface area contributed by atoms with Crippen molar-refractivity contribution in [3.05, 3.63) is 68.2 Å². The van der Waals surface area contributed by atoms with Crippen molar-refractivity contribution in [2.45, 2.75) is 13.0 Å². The van der Waals surface area contributed by atoms with E-state index in [1.165, 1.54) is 34.4 Å². The van der Waals surface area contributed by atoms with Crippen molar-refractivity contribution in [1.82, 2.24) is 9.88 Å². The maximum atomic E-state index is 12.7. The predicted octanol–water partition coefficient (Wildman–Crippen LogP) is 4.69. The van der Waals surface area contributed by atoms with Crippen LogP contribution in [0.1, 0.15) is 28.3 Å². The monoisotopic (exact) mass is 375 g/mol. The molecule has 0 fully saturated rings. The molecule has 0 radical (unpaired) electrons. The van der Waals surface area contributed by atoms with E-state index in [4.69, 9.17) is 11.6 Å². The minimum atomic E-state index is -0.548. The van der Waals surface area contributed by atoms with E-state index in [2.05, 4.69) is 4.98 Å². The van der Waals surface area contributed by atoms with Crippen LogP contribution < -0.4 is 0 Å². The van der Waals surface area contributed by atoms with Gasteiger partial charge in [0, 0.05) is 19.2 Å². The van der Waals surface area contributed by atoms with Gasteiger partial charge < -0.3 is 4.90 Å². The SMILES string of the molecule is C[C@@H](c1nc2ccccc2s1)N(C)C(=O)c1ccc([N+](=O)[O-])cc1Cl. The lowest BCUT2D eigenvalue weighted by atomic mass is 10.1. The van der Waals surface area contributed by atoms with Crippen molar-refractivity contribution in [2.24, 2.45) is 0 Å². The number of non-ortho nitro benzene ring substituents is 1. The molecule has 0 aliphatic heterocycles. The molecule has 0 bridgehead atoms. The third-order valence-corrected chi connectivity index (χ3v) is 5.48. The molecule has 0 saturated heterocycles. The fourth-order valence-corrected chi connectivity index (χ4v) is 3.71. The summed E-state index contributed by atoms with van der Waals surface area (Å²) >= 11 is 7.59. The van der Waals surface area contributed by atoms with E-state index in [1.54, 1.807) is 7.05 Å². The lowest BCUT2D eigenvalue weighted by Gasteiger charge is -2.23. The number of nitro benzene ring substituents is 1. The van der Waals surface area contributed by atoms with Crippen LogP contribution in [0.2, 0.25) is 5.02 Å². The average molecular weight is 376 g/mol. The van der Waals surface area contributed by atoms with Gasteiger partial charge in [0.2, 0.25) is 0 Å². The van der Waals surface area contributed by atoms with Gasteiger partial charge in [0.25, 0.3) is 11.6 Å². The zero-order valence-corrected chi connectivity index (χ0v) is 15.0. The average Bonchev–Trinajstić information content (AvgIpc) is 3.03. The third-order valence-electron chi connectivity index (χ3n) is 3.96. The normalized spacial score (nSPS) is 12.1. The molecule has 3 rings (SSSR count). The number of rotatable bonds is 4. The fourth-order valence-electron chi connectivity index (χ4n) is 2.39. The van der Waals surface area contributed by atoms with E-state index in [9.17, 15) is 14.9 Å². The highest BCUT2D eigenvalue weighted by atomic mass is 35.5. The minimum absolute atomic E-state index is 0.0579. The van der Waals surface area contributed by atoms with Crippen molar-refractivity contribution < 1.29 is 9.72 Å². The van der Waals surface area contributed by atoms with Gasteiger partial charge in [-0.1, -0.05) is 23.7 Å². The van der Waals surface area contributed by atoms with Crippen molar-refractivity contribution in [3.8, 4) is 0 Å². The lowest BCUT2D eigenvalue weighted by molar-refractivity contribution is -0.384. The van der Waals surface area contributed by atoms with Crippen LogP contribution in [0, 0.1) is 10.1 Å². The van der Waals surface area contributed by atoms with Crippen LogP contribution in [-0.4, -0.2) is 27.8 Å². The van der Waals surface area contributed by atoms with Gasteiger partial charge in [-0.2, -0.15) is 0 Å². The molecule has 0 spiro atoms. The summed E-state index contributed by atoms with van der Waals surface area (Å²) in [7, 11) is 1.66. The Labute approximate surface area is 152 Å². The number of thiazole rings is 1. The van der Waals surface area contributed by atoms with Crippen LogP contribution in [0.5, 0.6) is 0 Å². The molecule has 0 saturated carbocycles. The Hall–Kier alpha value is -2.51. The van der Waals surface area contributed by atoms with Crippen LogP contribution >= 0.6 is 22.9 Å². The summed E-state index contributed by atoms with van der Waals surface area (Å²) in [6.45, 7) is 1.88. The molecule has 3 aromatic rings. The number of hydrogen-bond acceptors (Lipinski definition) is 5. The summed E-state index contributed by atoms with van der Waals surface area (Å²) in [4.78, 5) is 29.1. The molecule has 1 heterocycles. The number of halogens is 1. The van der Waals surface area contributed by atoms with Crippen LogP contribution in [0.25, 0.3) is 10.2 Å². The number of fused-ring (bicyclic) bond motifs is 1. The third kappa shape index (κ3) is 3.33. The number of amides is 1. The molecule has 2 aromatic carbocycles. The molecule has 128 valence electrons. The molecule has 0 aliphatic rings. The van der Waals surface area contributed by atoms with E-state index in [-0.39, 0.29) is 28.2 Å². The van der Waals surface area contributed by atoms with Crippen LogP contribution in [0.3, 0.4) is 0 Å². The molecule has 1 aromatic heterocycles. The van der Waals surface area contributed by atoms with Crippen molar-refractivity contribution >= 4 is 44.7 Å². The van der Waals surface area contributed by atoms with Crippen LogP contribution in [-0.2, 0) is 0 Å². The first-order valence-electron chi connectivity index (χ1n) is 7.45. The van der Waals surface area contributed by atoms with Gasteiger partial charge in [0.1, 0.15) is 5.01 Å². The summed E-state index contributed by atoms with van der Waals surface area (Å²) in [5.41, 5.74) is 0.967. The molecule has 25 heavy (non-hydrogen) atoms. The van der Waals surface area contributed by atoms with E-state index in [0.717, 1.165) is 15.2 Å². The Bertz CT molecular complexity index is 940. The van der Waals surface area contributed by atoms with Crippen LogP contribution in [0.4, 0.5) is 5.69 Å². The standard InChI is InChI=1S/C17H14ClN3O3S/c1-10(16-19-14-5-3-4-6-15(14)25-16)20(2)17(22)12-8-7-11(21(23)24)9-13(12)18/h3-10H,1-2H3/t10-/m0/s1. The zero-order chi connectivity index (χ0) is 18.1. The van der Waals surface area contributed by atoms with Gasteiger partial charge in [-0.15, -0.1) is 11.3 Å². The van der Waals surface area contributed by atoms with Gasteiger partial charge in [-0.05, 0) is 25.1 Å². The molecular formula is C17H14ClN3O3S. The zero-order valence-electron chi connectivity index (χ0n) is 13.5. The number of carbonyl (C=O) groups is 1. The summed E-state index contributed by atoms with van der Waals surface area (Å²) in [6, 6.07) is 11.4. The van der Waals surface area contributed by atoms with Crippen LogP contribution in [0.15, 0.2) is 42.5 Å².